The van der Waals surface area contributed by atoms with Crippen molar-refractivity contribution in [2.75, 3.05) is 6.26 Å². The van der Waals surface area contributed by atoms with Crippen molar-refractivity contribution < 1.29 is 32.0 Å². The Balaban J connectivity index is 1.80. The monoisotopic (exact) mass is 410 g/mol. The second-order valence-corrected chi connectivity index (χ2v) is 8.42. The smallest absolute Gasteiger partial charge is 0.340 e. The van der Waals surface area contributed by atoms with Gasteiger partial charge in [-0.3, -0.25) is 0 Å². The van der Waals surface area contributed by atoms with Crippen molar-refractivity contribution >= 4 is 16.1 Å². The van der Waals surface area contributed by atoms with Gasteiger partial charge >= 0.3 is 16.1 Å². The molecule has 0 saturated carbocycles. The molecule has 29 heavy (non-hydrogen) atoms. The zero-order chi connectivity index (χ0) is 20.4. The fourth-order valence-electron chi connectivity index (χ4n) is 3.87. The third kappa shape index (κ3) is 2.56. The first-order valence-corrected chi connectivity index (χ1v) is 10.5. The number of fused-ring (bicyclic) bond motifs is 6. The fraction of sp³-hybridized carbons (Fsp3) is 0.0952. The Morgan fingerprint density at radius 1 is 0.931 bits per heavy atom. The molecule has 0 bridgehead atoms. The molecule has 5 rings (SSSR count). The van der Waals surface area contributed by atoms with E-state index in [0.717, 1.165) is 6.26 Å². The predicted molar refractivity (Wildman–Crippen MR) is 102 cm³/mol. The van der Waals surface area contributed by atoms with Crippen molar-refractivity contribution in [3.63, 3.8) is 0 Å². The standard InChI is InChI=1S/C21H14O7S/c1-29(24,25)28-13-7-9-17-19(11-13)26-18-10-12(22)6-8-16(18)21(17)15-5-3-2-4-14(15)20(23)27-21/h2-11,22H,1H3. The first-order valence-electron chi connectivity index (χ1n) is 8.66. The molecule has 1 N–H and O–H groups in total. The van der Waals surface area contributed by atoms with E-state index in [1.165, 1.54) is 24.3 Å². The van der Waals surface area contributed by atoms with Crippen LogP contribution in [0.4, 0.5) is 0 Å². The van der Waals surface area contributed by atoms with E-state index in [1.807, 2.05) is 0 Å². The Bertz CT molecular complexity index is 1300. The van der Waals surface area contributed by atoms with Crippen LogP contribution in [0.5, 0.6) is 23.0 Å². The Morgan fingerprint density at radius 2 is 1.62 bits per heavy atom. The molecule has 7 nitrogen and oxygen atoms in total. The van der Waals surface area contributed by atoms with Gasteiger partial charge in [-0.25, -0.2) is 4.79 Å². The lowest BCUT2D eigenvalue weighted by atomic mass is 9.77. The Hall–Kier alpha value is -3.52. The maximum absolute atomic E-state index is 12.7. The van der Waals surface area contributed by atoms with Crippen LogP contribution in [0.2, 0.25) is 0 Å². The third-order valence-corrected chi connectivity index (χ3v) is 5.41. The molecule has 0 aliphatic carbocycles. The highest BCUT2D eigenvalue weighted by Gasteiger charge is 2.53. The van der Waals surface area contributed by atoms with Crippen molar-refractivity contribution in [2.45, 2.75) is 5.60 Å². The zero-order valence-corrected chi connectivity index (χ0v) is 15.9. The molecular formula is C21H14O7S. The average molecular weight is 410 g/mol. The van der Waals surface area contributed by atoms with E-state index >= 15 is 0 Å². The molecule has 8 heteroatoms. The van der Waals surface area contributed by atoms with Gasteiger partial charge in [-0.05, 0) is 30.3 Å². The summed E-state index contributed by atoms with van der Waals surface area (Å²) in [6, 6.07) is 16.1. The van der Waals surface area contributed by atoms with Crippen LogP contribution in [0.15, 0.2) is 60.7 Å². The number of aromatic hydroxyl groups is 1. The van der Waals surface area contributed by atoms with Crippen molar-refractivity contribution in [1.82, 2.24) is 0 Å². The molecule has 1 unspecified atom stereocenters. The topological polar surface area (TPSA) is 99.1 Å². The van der Waals surface area contributed by atoms with Crippen LogP contribution in [0, 0.1) is 0 Å². The summed E-state index contributed by atoms with van der Waals surface area (Å²) in [5.41, 5.74) is 0.857. The van der Waals surface area contributed by atoms with E-state index in [4.69, 9.17) is 13.7 Å². The molecule has 2 aliphatic heterocycles. The van der Waals surface area contributed by atoms with E-state index in [0.29, 0.717) is 28.0 Å². The highest BCUT2D eigenvalue weighted by Crippen LogP contribution is 2.56. The molecular weight excluding hydrogens is 396 g/mol. The van der Waals surface area contributed by atoms with Gasteiger partial charge in [0.2, 0.25) is 0 Å². The number of phenolic OH excluding ortho intramolecular Hbond substituents is 1. The van der Waals surface area contributed by atoms with Crippen LogP contribution in [-0.2, 0) is 20.5 Å². The molecule has 3 aromatic rings. The SMILES string of the molecule is CS(=O)(=O)Oc1ccc2c(c1)Oc1cc(O)ccc1C21OC(=O)c2ccccc21. The molecule has 1 atom stereocenters. The molecule has 1 spiro atoms. The molecule has 146 valence electrons. The minimum absolute atomic E-state index is 0.0245. The first kappa shape index (κ1) is 17.6. The second-order valence-electron chi connectivity index (χ2n) is 6.84. The van der Waals surface area contributed by atoms with Crippen LogP contribution in [0.3, 0.4) is 0 Å². The van der Waals surface area contributed by atoms with Gasteiger partial charge in [-0.15, -0.1) is 0 Å². The normalized spacial score (nSPS) is 19.0. The maximum Gasteiger partial charge on any atom is 0.340 e. The van der Waals surface area contributed by atoms with E-state index in [1.54, 1.807) is 36.4 Å². The van der Waals surface area contributed by atoms with Crippen LogP contribution in [0.1, 0.15) is 27.0 Å². The molecule has 0 radical (unpaired) electrons. The number of carbonyl (C=O) groups is 1. The predicted octanol–water partition coefficient (Wildman–Crippen LogP) is 3.30. The first-order chi connectivity index (χ1) is 13.8. The molecule has 0 fully saturated rings. The molecule has 0 amide bonds. The van der Waals surface area contributed by atoms with Crippen LogP contribution in [-0.4, -0.2) is 25.7 Å². The van der Waals surface area contributed by atoms with Crippen LogP contribution in [0.25, 0.3) is 0 Å². The Morgan fingerprint density at radius 3 is 2.38 bits per heavy atom. The number of esters is 1. The van der Waals surface area contributed by atoms with Crippen molar-refractivity contribution in [3.8, 4) is 23.0 Å². The number of carbonyl (C=O) groups excluding carboxylic acids is 1. The van der Waals surface area contributed by atoms with Gasteiger partial charge in [0.1, 0.15) is 23.0 Å². The van der Waals surface area contributed by atoms with Crippen LogP contribution < -0.4 is 8.92 Å². The number of rotatable bonds is 2. The van der Waals surface area contributed by atoms with E-state index in [-0.39, 0.29) is 17.2 Å². The second kappa shape index (κ2) is 5.74. The number of hydrogen-bond acceptors (Lipinski definition) is 7. The largest absolute Gasteiger partial charge is 0.508 e. The average Bonchev–Trinajstić information content (AvgIpc) is 2.94. The minimum atomic E-state index is -3.74. The molecule has 3 aromatic carbocycles. The lowest BCUT2D eigenvalue weighted by Crippen LogP contribution is -2.33. The summed E-state index contributed by atoms with van der Waals surface area (Å²) >= 11 is 0. The number of benzene rings is 3. The lowest BCUT2D eigenvalue weighted by Gasteiger charge is -2.36. The van der Waals surface area contributed by atoms with E-state index < -0.39 is 21.7 Å². The van der Waals surface area contributed by atoms with E-state index in [9.17, 15) is 18.3 Å². The summed E-state index contributed by atoms with van der Waals surface area (Å²) in [7, 11) is -3.74. The van der Waals surface area contributed by atoms with Gasteiger partial charge in [0.15, 0.2) is 5.60 Å². The summed E-state index contributed by atoms with van der Waals surface area (Å²) in [6.45, 7) is 0. The van der Waals surface area contributed by atoms with Crippen molar-refractivity contribution in [1.29, 1.82) is 0 Å². The summed E-state index contributed by atoms with van der Waals surface area (Å²) in [5.74, 6) is 0.0994. The number of ether oxygens (including phenoxy) is 2. The Labute approximate surface area is 166 Å². The Kier molecular flexibility index (Phi) is 3.48. The zero-order valence-electron chi connectivity index (χ0n) is 15.1. The molecule has 2 heterocycles. The van der Waals surface area contributed by atoms with Gasteiger partial charge in [-0.1, -0.05) is 18.2 Å². The quantitative estimate of drug-likeness (QED) is 0.511. The van der Waals surface area contributed by atoms with Crippen molar-refractivity contribution in [3.05, 3.63) is 82.9 Å². The van der Waals surface area contributed by atoms with Gasteiger partial charge in [0, 0.05) is 28.8 Å². The molecule has 2 aliphatic rings. The summed E-state index contributed by atoms with van der Waals surface area (Å²) in [4.78, 5) is 12.7. The van der Waals surface area contributed by atoms with Gasteiger partial charge in [-0.2, -0.15) is 8.42 Å². The summed E-state index contributed by atoms with van der Waals surface area (Å²) < 4.78 is 39.8. The maximum atomic E-state index is 12.7. The number of hydrogen-bond donors (Lipinski definition) is 1. The highest BCUT2D eigenvalue weighted by atomic mass is 32.2. The van der Waals surface area contributed by atoms with Gasteiger partial charge < -0.3 is 18.8 Å². The number of phenols is 1. The van der Waals surface area contributed by atoms with Crippen LogP contribution >= 0.6 is 0 Å². The van der Waals surface area contributed by atoms with Gasteiger partial charge in [0.05, 0.1) is 11.8 Å². The van der Waals surface area contributed by atoms with Gasteiger partial charge in [0.25, 0.3) is 0 Å². The molecule has 0 saturated heterocycles. The third-order valence-electron chi connectivity index (χ3n) is 4.92. The minimum Gasteiger partial charge on any atom is -0.508 e. The fourth-order valence-corrected chi connectivity index (χ4v) is 4.32. The van der Waals surface area contributed by atoms with E-state index in [2.05, 4.69) is 0 Å². The summed E-state index contributed by atoms with van der Waals surface area (Å²) in [5, 5.41) is 9.93. The summed E-state index contributed by atoms with van der Waals surface area (Å²) in [6.07, 6.45) is 0.942. The highest BCUT2D eigenvalue weighted by molar-refractivity contribution is 7.86. The molecule has 0 aromatic heterocycles. The lowest BCUT2D eigenvalue weighted by molar-refractivity contribution is 0.0224. The van der Waals surface area contributed by atoms with Crippen molar-refractivity contribution in [2.24, 2.45) is 0 Å².